The third-order valence-corrected chi connectivity index (χ3v) is 2.31. The van der Waals surface area contributed by atoms with E-state index in [-0.39, 0.29) is 41.5 Å². The highest BCUT2D eigenvalue weighted by atomic mass is 35.5. The Bertz CT molecular complexity index is 463. The zero-order chi connectivity index (χ0) is 11.7. The zero-order valence-electron chi connectivity index (χ0n) is 8.44. The van der Waals surface area contributed by atoms with Crippen LogP contribution in [-0.4, -0.2) is 35.3 Å². The van der Waals surface area contributed by atoms with Gasteiger partial charge in [0.2, 0.25) is 5.91 Å². The molecule has 84 valence electrons. The fourth-order valence-electron chi connectivity index (χ4n) is 1.45. The third-order valence-electron chi connectivity index (χ3n) is 2.13. The topological polar surface area (TPSA) is 72.4 Å². The molecule has 1 amide bonds. The molecule has 0 spiro atoms. The minimum absolute atomic E-state index is 0.00546. The average molecular weight is 242 g/mol. The van der Waals surface area contributed by atoms with Crippen molar-refractivity contribution in [2.45, 2.75) is 6.42 Å². The van der Waals surface area contributed by atoms with Crippen LogP contribution < -0.4 is 9.64 Å². The maximum Gasteiger partial charge on any atom is 0.259 e. The molecule has 16 heavy (non-hydrogen) atoms. The monoisotopic (exact) mass is 241 g/mol. The molecule has 0 unspecified atom stereocenters. The van der Waals surface area contributed by atoms with Gasteiger partial charge < -0.3 is 4.74 Å². The number of ketones is 1. The van der Waals surface area contributed by atoms with E-state index in [1.54, 1.807) is 0 Å². The fourth-order valence-corrected chi connectivity index (χ4v) is 1.57. The quantitative estimate of drug-likeness (QED) is 0.703. The summed E-state index contributed by atoms with van der Waals surface area (Å²) in [6.45, 7) is 0.00546. The van der Waals surface area contributed by atoms with E-state index in [0.29, 0.717) is 0 Å². The van der Waals surface area contributed by atoms with Gasteiger partial charge in [-0.25, -0.2) is 4.98 Å². The molecule has 0 aromatic carbocycles. The summed E-state index contributed by atoms with van der Waals surface area (Å²) in [5, 5.41) is 0.165. The fraction of sp³-hybridized carbons (Fsp3) is 0.333. The maximum absolute atomic E-state index is 11.5. The van der Waals surface area contributed by atoms with Crippen molar-refractivity contribution in [1.29, 1.82) is 0 Å². The molecule has 0 radical (unpaired) electrons. The number of hydrogen-bond donors (Lipinski definition) is 0. The zero-order valence-corrected chi connectivity index (χ0v) is 9.19. The van der Waals surface area contributed by atoms with Crippen LogP contribution in [-0.2, 0) is 9.59 Å². The molecule has 2 rings (SSSR count). The number of aromatic nitrogens is 2. The molecule has 1 aliphatic rings. The van der Waals surface area contributed by atoms with Crippen LogP contribution in [0.2, 0.25) is 5.15 Å². The van der Waals surface area contributed by atoms with Crippen molar-refractivity contribution in [3.05, 3.63) is 11.3 Å². The molecule has 1 aromatic heterocycles. The largest absolute Gasteiger partial charge is 0.478 e. The number of hydrogen-bond acceptors (Lipinski definition) is 5. The molecule has 0 bridgehead atoms. The van der Waals surface area contributed by atoms with Crippen LogP contribution in [0.3, 0.4) is 0 Å². The Balaban J connectivity index is 2.40. The summed E-state index contributed by atoms with van der Waals surface area (Å²) in [7, 11) is 1.40. The van der Waals surface area contributed by atoms with E-state index in [9.17, 15) is 9.59 Å². The van der Waals surface area contributed by atoms with Gasteiger partial charge >= 0.3 is 0 Å². The van der Waals surface area contributed by atoms with Gasteiger partial charge in [-0.2, -0.15) is 4.98 Å². The van der Waals surface area contributed by atoms with Crippen molar-refractivity contribution >= 4 is 29.1 Å². The van der Waals surface area contributed by atoms with Gasteiger partial charge in [-0.05, 0) is 0 Å². The first-order chi connectivity index (χ1) is 7.61. The average Bonchev–Trinajstić information content (AvgIpc) is 2.57. The Morgan fingerprint density at radius 3 is 2.81 bits per heavy atom. The number of halogens is 1. The van der Waals surface area contributed by atoms with Crippen LogP contribution >= 0.6 is 11.6 Å². The molecule has 0 aliphatic carbocycles. The Hall–Kier alpha value is -1.69. The van der Waals surface area contributed by atoms with Gasteiger partial charge in [0.25, 0.3) is 5.88 Å². The molecular formula is C9H8ClN3O3. The SMILES string of the molecule is COc1nc(Cl)cnc1N1CC(=O)CC1=O. The van der Waals surface area contributed by atoms with Crippen molar-refractivity contribution in [2.24, 2.45) is 0 Å². The van der Waals surface area contributed by atoms with E-state index >= 15 is 0 Å². The van der Waals surface area contributed by atoms with Crippen molar-refractivity contribution in [1.82, 2.24) is 9.97 Å². The minimum Gasteiger partial charge on any atom is -0.478 e. The van der Waals surface area contributed by atoms with Gasteiger partial charge in [0.05, 0.1) is 26.3 Å². The lowest BCUT2D eigenvalue weighted by Gasteiger charge is -2.15. The summed E-state index contributed by atoms with van der Waals surface area (Å²) in [5.41, 5.74) is 0. The lowest BCUT2D eigenvalue weighted by atomic mass is 10.3. The summed E-state index contributed by atoms with van der Waals surface area (Å²) in [5.74, 6) is -0.0953. The first kappa shape index (κ1) is 10.8. The number of nitrogens with zero attached hydrogens (tertiary/aromatic N) is 3. The molecule has 1 aliphatic heterocycles. The number of ether oxygens (including phenoxy) is 1. The summed E-state index contributed by atoms with van der Waals surface area (Å²) in [4.78, 5) is 31.7. The number of Topliss-reactive ketones (excluding diaryl/α,β-unsaturated/α-hetero) is 1. The van der Waals surface area contributed by atoms with Crippen LogP contribution in [0.1, 0.15) is 6.42 Å². The normalized spacial score (nSPS) is 15.8. The van der Waals surface area contributed by atoms with E-state index in [1.807, 2.05) is 0 Å². The lowest BCUT2D eigenvalue weighted by Crippen LogP contribution is -2.26. The highest BCUT2D eigenvalue weighted by molar-refractivity contribution is 6.29. The van der Waals surface area contributed by atoms with Gasteiger partial charge in [0.1, 0.15) is 0 Å². The Morgan fingerprint density at radius 1 is 1.50 bits per heavy atom. The second kappa shape index (κ2) is 4.05. The number of rotatable bonds is 2. The van der Waals surface area contributed by atoms with Crippen LogP contribution in [0.5, 0.6) is 5.88 Å². The van der Waals surface area contributed by atoms with Crippen LogP contribution in [0, 0.1) is 0 Å². The van der Waals surface area contributed by atoms with Crippen LogP contribution in [0.15, 0.2) is 6.20 Å². The molecule has 0 N–H and O–H groups in total. The minimum atomic E-state index is -0.306. The number of methoxy groups -OCH3 is 1. The van der Waals surface area contributed by atoms with Crippen LogP contribution in [0.4, 0.5) is 5.82 Å². The van der Waals surface area contributed by atoms with Crippen LogP contribution in [0.25, 0.3) is 0 Å². The van der Waals surface area contributed by atoms with E-state index < -0.39 is 0 Å². The number of carbonyl (C=O) groups excluding carboxylic acids is 2. The summed E-state index contributed by atoms with van der Waals surface area (Å²) in [6.07, 6.45) is 1.20. The molecule has 0 atom stereocenters. The molecule has 7 heteroatoms. The molecular weight excluding hydrogens is 234 g/mol. The highest BCUT2D eigenvalue weighted by Gasteiger charge is 2.32. The Labute approximate surface area is 96.2 Å². The second-order valence-electron chi connectivity index (χ2n) is 3.22. The second-order valence-corrected chi connectivity index (χ2v) is 3.61. The molecule has 2 heterocycles. The highest BCUT2D eigenvalue weighted by Crippen LogP contribution is 2.27. The van der Waals surface area contributed by atoms with Gasteiger partial charge in [0, 0.05) is 0 Å². The van der Waals surface area contributed by atoms with Gasteiger partial charge in [-0.3, -0.25) is 14.5 Å². The molecule has 1 saturated heterocycles. The van der Waals surface area contributed by atoms with E-state index in [1.165, 1.54) is 18.2 Å². The van der Waals surface area contributed by atoms with Gasteiger partial charge in [0.15, 0.2) is 16.8 Å². The Kier molecular flexibility index (Phi) is 2.74. The molecule has 6 nitrogen and oxygen atoms in total. The van der Waals surface area contributed by atoms with E-state index in [4.69, 9.17) is 16.3 Å². The predicted octanol–water partition coefficient (Wildman–Crippen LogP) is 0.444. The first-order valence-corrected chi connectivity index (χ1v) is 4.88. The maximum atomic E-state index is 11.5. The molecule has 1 fully saturated rings. The smallest absolute Gasteiger partial charge is 0.259 e. The van der Waals surface area contributed by atoms with Gasteiger partial charge in [-0.1, -0.05) is 11.6 Å². The summed E-state index contributed by atoms with van der Waals surface area (Å²) >= 11 is 5.64. The Morgan fingerprint density at radius 2 is 2.25 bits per heavy atom. The standard InChI is InChI=1S/C9H8ClN3O3/c1-16-9-8(11-3-6(10)12-9)13-4-5(14)2-7(13)15/h3H,2,4H2,1H3. The van der Waals surface area contributed by atoms with E-state index in [2.05, 4.69) is 9.97 Å². The summed E-state index contributed by atoms with van der Waals surface area (Å²) < 4.78 is 4.96. The van der Waals surface area contributed by atoms with E-state index in [0.717, 1.165) is 0 Å². The number of amides is 1. The number of anilines is 1. The van der Waals surface area contributed by atoms with Crippen molar-refractivity contribution in [3.63, 3.8) is 0 Å². The summed E-state index contributed by atoms with van der Waals surface area (Å²) in [6, 6.07) is 0. The molecule has 1 aromatic rings. The molecule has 0 saturated carbocycles. The number of carbonyl (C=O) groups is 2. The van der Waals surface area contributed by atoms with Gasteiger partial charge in [-0.15, -0.1) is 0 Å². The first-order valence-electron chi connectivity index (χ1n) is 4.50. The lowest BCUT2D eigenvalue weighted by molar-refractivity contribution is -0.121. The van der Waals surface area contributed by atoms with Crippen molar-refractivity contribution in [2.75, 3.05) is 18.6 Å². The van der Waals surface area contributed by atoms with Crippen molar-refractivity contribution in [3.8, 4) is 5.88 Å². The van der Waals surface area contributed by atoms with Crippen molar-refractivity contribution < 1.29 is 14.3 Å². The predicted molar refractivity (Wildman–Crippen MR) is 55.6 cm³/mol. The third kappa shape index (κ3) is 1.83.